The molecule has 2 aromatic carbocycles. The van der Waals surface area contributed by atoms with Gasteiger partial charge in [0.2, 0.25) is 5.76 Å². The van der Waals surface area contributed by atoms with Crippen LogP contribution in [0.2, 0.25) is 0 Å². The highest BCUT2D eigenvalue weighted by Crippen LogP contribution is 2.38. The van der Waals surface area contributed by atoms with E-state index in [4.69, 9.17) is 4.52 Å². The lowest BCUT2D eigenvalue weighted by Gasteiger charge is -2.45. The Morgan fingerprint density at radius 3 is 2.45 bits per heavy atom. The Labute approximate surface area is 170 Å². The van der Waals surface area contributed by atoms with Gasteiger partial charge in [-0.1, -0.05) is 59.8 Å². The lowest BCUT2D eigenvalue weighted by atomic mass is 9.86. The van der Waals surface area contributed by atoms with Gasteiger partial charge in [-0.2, -0.15) is 0 Å². The van der Waals surface area contributed by atoms with Gasteiger partial charge in [0.25, 0.3) is 5.91 Å². The molecule has 0 radical (unpaired) electrons. The summed E-state index contributed by atoms with van der Waals surface area (Å²) in [5.74, 6) is 0.280. The molecule has 5 nitrogen and oxygen atoms in total. The van der Waals surface area contributed by atoms with E-state index in [2.05, 4.69) is 64.7 Å². The fourth-order valence-electron chi connectivity index (χ4n) is 4.87. The van der Waals surface area contributed by atoms with Crippen LogP contribution in [0.25, 0.3) is 0 Å². The van der Waals surface area contributed by atoms with Crippen LogP contribution in [0, 0.1) is 0 Å². The van der Waals surface area contributed by atoms with Crippen LogP contribution < -0.4 is 0 Å². The quantitative estimate of drug-likeness (QED) is 0.683. The number of aromatic nitrogens is 1. The Morgan fingerprint density at radius 1 is 0.931 bits per heavy atom. The molecule has 5 heteroatoms. The van der Waals surface area contributed by atoms with Crippen molar-refractivity contribution >= 4 is 5.91 Å². The van der Waals surface area contributed by atoms with Gasteiger partial charge in [0.05, 0.1) is 12.2 Å². The second-order valence-corrected chi connectivity index (χ2v) is 7.90. The first kappa shape index (κ1) is 18.1. The second-order valence-electron chi connectivity index (χ2n) is 7.90. The smallest absolute Gasteiger partial charge is 0.292 e. The molecule has 1 atom stereocenters. The van der Waals surface area contributed by atoms with E-state index < -0.39 is 0 Å². The fourth-order valence-corrected chi connectivity index (χ4v) is 4.87. The molecule has 0 N–H and O–H groups in total. The van der Waals surface area contributed by atoms with Crippen molar-refractivity contribution in [3.05, 3.63) is 89.3 Å². The molecule has 1 fully saturated rings. The number of hydrogen-bond acceptors (Lipinski definition) is 4. The molecule has 1 unspecified atom stereocenters. The van der Waals surface area contributed by atoms with Crippen molar-refractivity contribution in [1.29, 1.82) is 0 Å². The highest BCUT2D eigenvalue weighted by molar-refractivity contribution is 5.91. The van der Waals surface area contributed by atoms with Gasteiger partial charge in [-0.25, -0.2) is 0 Å². The number of hydrogen-bond donors (Lipinski definition) is 0. The summed E-state index contributed by atoms with van der Waals surface area (Å²) in [5.41, 5.74) is 4.22. The summed E-state index contributed by atoms with van der Waals surface area (Å²) in [6.07, 6.45) is 4.56. The largest absolute Gasteiger partial charge is 0.351 e. The van der Waals surface area contributed by atoms with E-state index in [0.717, 1.165) is 38.9 Å². The van der Waals surface area contributed by atoms with Crippen molar-refractivity contribution in [2.24, 2.45) is 0 Å². The Hall–Kier alpha value is -2.92. The van der Waals surface area contributed by atoms with E-state index in [0.29, 0.717) is 11.8 Å². The van der Waals surface area contributed by atoms with Crippen molar-refractivity contribution in [3.8, 4) is 0 Å². The minimum atomic E-state index is -0.0513. The van der Waals surface area contributed by atoms with Gasteiger partial charge in [0.15, 0.2) is 0 Å². The first-order valence-electron chi connectivity index (χ1n) is 10.4. The standard InChI is InChI=1S/C24H25N3O2/c28-24(22-10-14-25-29-22)26-15-12-20(13-16-26)27-17-11-18-6-4-5-9-21(18)23(27)19-7-2-1-3-8-19/h1-10,14,20,23H,11-13,15-17H2. The summed E-state index contributed by atoms with van der Waals surface area (Å²) in [6, 6.07) is 22.0. The van der Waals surface area contributed by atoms with Gasteiger partial charge in [0, 0.05) is 31.7 Å². The number of carbonyl (C=O) groups excluding carboxylic acids is 1. The predicted octanol–water partition coefficient (Wildman–Crippen LogP) is 3.93. The highest BCUT2D eigenvalue weighted by Gasteiger charge is 2.35. The molecule has 1 aromatic heterocycles. The average Bonchev–Trinajstić information content (AvgIpc) is 3.33. The number of nitrogens with zero attached hydrogens (tertiary/aromatic N) is 3. The summed E-state index contributed by atoms with van der Waals surface area (Å²) in [5, 5.41) is 3.66. The molecule has 3 aromatic rings. The average molecular weight is 387 g/mol. The van der Waals surface area contributed by atoms with E-state index in [-0.39, 0.29) is 11.9 Å². The van der Waals surface area contributed by atoms with Gasteiger partial charge in [0.1, 0.15) is 0 Å². The fraction of sp³-hybridized carbons (Fsp3) is 0.333. The Balaban J connectivity index is 1.37. The van der Waals surface area contributed by atoms with Crippen LogP contribution in [0.5, 0.6) is 0 Å². The molecule has 148 valence electrons. The summed E-state index contributed by atoms with van der Waals surface area (Å²) in [7, 11) is 0. The van der Waals surface area contributed by atoms with Crippen LogP contribution >= 0.6 is 0 Å². The number of amides is 1. The third-order valence-corrected chi connectivity index (χ3v) is 6.31. The zero-order chi connectivity index (χ0) is 19.6. The highest BCUT2D eigenvalue weighted by atomic mass is 16.5. The Morgan fingerprint density at radius 2 is 1.69 bits per heavy atom. The molecule has 3 heterocycles. The SMILES string of the molecule is O=C(c1ccno1)N1CCC(N2CCc3ccccc3C2c2ccccc2)CC1. The van der Waals surface area contributed by atoms with Crippen LogP contribution in [0.1, 0.15) is 46.1 Å². The van der Waals surface area contributed by atoms with Gasteiger partial charge in [-0.05, 0) is 36.0 Å². The lowest BCUT2D eigenvalue weighted by molar-refractivity contribution is 0.0521. The van der Waals surface area contributed by atoms with Crippen molar-refractivity contribution in [3.63, 3.8) is 0 Å². The number of rotatable bonds is 3. The summed E-state index contributed by atoms with van der Waals surface area (Å²) in [4.78, 5) is 17.1. The van der Waals surface area contributed by atoms with Gasteiger partial charge >= 0.3 is 0 Å². The molecule has 2 aliphatic rings. The zero-order valence-electron chi connectivity index (χ0n) is 16.4. The molecular formula is C24H25N3O2. The maximum absolute atomic E-state index is 12.6. The molecule has 29 heavy (non-hydrogen) atoms. The van der Waals surface area contributed by atoms with E-state index >= 15 is 0 Å². The minimum Gasteiger partial charge on any atom is -0.351 e. The zero-order valence-corrected chi connectivity index (χ0v) is 16.4. The Kier molecular flexibility index (Phi) is 4.90. The number of benzene rings is 2. The van der Waals surface area contributed by atoms with Crippen LogP contribution in [-0.4, -0.2) is 46.5 Å². The van der Waals surface area contributed by atoms with Crippen molar-refractivity contribution in [2.45, 2.75) is 31.3 Å². The maximum atomic E-state index is 12.6. The first-order valence-corrected chi connectivity index (χ1v) is 10.4. The van der Waals surface area contributed by atoms with Crippen LogP contribution in [0.15, 0.2) is 71.4 Å². The molecule has 2 aliphatic heterocycles. The summed E-state index contributed by atoms with van der Waals surface area (Å²) >= 11 is 0. The lowest BCUT2D eigenvalue weighted by Crippen LogP contribution is -2.50. The normalized spacial score (nSPS) is 20.4. The topological polar surface area (TPSA) is 49.6 Å². The molecule has 0 bridgehead atoms. The molecule has 0 spiro atoms. The first-order chi connectivity index (χ1) is 14.3. The Bertz CT molecular complexity index is 963. The van der Waals surface area contributed by atoms with E-state index in [9.17, 15) is 4.79 Å². The van der Waals surface area contributed by atoms with E-state index in [1.54, 1.807) is 6.07 Å². The minimum absolute atomic E-state index is 0.0513. The third-order valence-electron chi connectivity index (χ3n) is 6.31. The molecule has 0 aliphatic carbocycles. The molecular weight excluding hydrogens is 362 g/mol. The number of likely N-dealkylation sites (tertiary alicyclic amines) is 1. The molecule has 1 amide bonds. The second kappa shape index (κ2) is 7.84. The third kappa shape index (κ3) is 3.47. The number of carbonyl (C=O) groups is 1. The summed E-state index contributed by atoms with van der Waals surface area (Å²) in [6.45, 7) is 2.56. The van der Waals surface area contributed by atoms with Crippen LogP contribution in [0.3, 0.4) is 0 Å². The van der Waals surface area contributed by atoms with Crippen LogP contribution in [-0.2, 0) is 6.42 Å². The molecule has 5 rings (SSSR count). The van der Waals surface area contributed by atoms with E-state index in [1.807, 2.05) is 4.90 Å². The van der Waals surface area contributed by atoms with Crippen molar-refractivity contribution in [2.75, 3.05) is 19.6 Å². The van der Waals surface area contributed by atoms with Crippen LogP contribution in [0.4, 0.5) is 0 Å². The van der Waals surface area contributed by atoms with Gasteiger partial charge < -0.3 is 9.42 Å². The number of fused-ring (bicyclic) bond motifs is 1. The monoisotopic (exact) mass is 387 g/mol. The molecule has 0 saturated carbocycles. The van der Waals surface area contributed by atoms with Gasteiger partial charge in [-0.15, -0.1) is 0 Å². The van der Waals surface area contributed by atoms with Gasteiger partial charge in [-0.3, -0.25) is 9.69 Å². The van der Waals surface area contributed by atoms with E-state index in [1.165, 1.54) is 22.9 Å². The molecule has 1 saturated heterocycles. The van der Waals surface area contributed by atoms with Crippen molar-refractivity contribution in [1.82, 2.24) is 15.0 Å². The van der Waals surface area contributed by atoms with Crippen molar-refractivity contribution < 1.29 is 9.32 Å². The number of piperidine rings is 1. The summed E-state index contributed by atoms with van der Waals surface area (Å²) < 4.78 is 5.05. The maximum Gasteiger partial charge on any atom is 0.292 e. The predicted molar refractivity (Wildman–Crippen MR) is 111 cm³/mol.